The SMILES string of the molecule is CCCc1cc(=O)[nH]c(SCC(=O)N(CCOC)[C@@H]2CCS(=O)(=O)C2)n1. The van der Waals surface area contributed by atoms with Gasteiger partial charge >= 0.3 is 0 Å². The number of thioether (sulfide) groups is 1. The third kappa shape index (κ3) is 6.10. The highest BCUT2D eigenvalue weighted by molar-refractivity contribution is 7.99. The van der Waals surface area contributed by atoms with Crippen molar-refractivity contribution in [1.82, 2.24) is 14.9 Å². The second kappa shape index (κ2) is 9.52. The van der Waals surface area contributed by atoms with Crippen LogP contribution in [0.2, 0.25) is 0 Å². The number of hydrogen-bond donors (Lipinski definition) is 1. The quantitative estimate of drug-likeness (QED) is 0.472. The van der Waals surface area contributed by atoms with Gasteiger partial charge in [-0.15, -0.1) is 0 Å². The molecule has 0 bridgehead atoms. The zero-order chi connectivity index (χ0) is 19.2. The van der Waals surface area contributed by atoms with Crippen molar-refractivity contribution in [1.29, 1.82) is 0 Å². The maximum absolute atomic E-state index is 12.7. The molecular weight excluding hydrogens is 378 g/mol. The number of sulfone groups is 1. The molecule has 1 aliphatic heterocycles. The third-order valence-corrected chi connectivity index (χ3v) is 6.73. The number of rotatable bonds is 9. The van der Waals surface area contributed by atoms with Crippen molar-refractivity contribution in [3.63, 3.8) is 0 Å². The van der Waals surface area contributed by atoms with Gasteiger partial charge in [-0.3, -0.25) is 9.59 Å². The van der Waals surface area contributed by atoms with Crippen molar-refractivity contribution < 1.29 is 17.9 Å². The summed E-state index contributed by atoms with van der Waals surface area (Å²) in [6.07, 6.45) is 2.02. The Hall–Kier alpha value is -1.39. The summed E-state index contributed by atoms with van der Waals surface area (Å²) in [5.41, 5.74) is 0.459. The monoisotopic (exact) mass is 403 g/mol. The van der Waals surface area contributed by atoms with E-state index in [4.69, 9.17) is 4.74 Å². The Kier molecular flexibility index (Phi) is 7.66. The second-order valence-electron chi connectivity index (χ2n) is 6.22. The number of ether oxygens (including phenoxy) is 1. The Morgan fingerprint density at radius 1 is 1.50 bits per heavy atom. The van der Waals surface area contributed by atoms with Crippen LogP contribution in [0.25, 0.3) is 0 Å². The Morgan fingerprint density at radius 2 is 2.27 bits per heavy atom. The Bertz CT molecular complexity index is 778. The van der Waals surface area contributed by atoms with Gasteiger partial charge in [0.05, 0.1) is 23.9 Å². The van der Waals surface area contributed by atoms with Crippen LogP contribution in [0.5, 0.6) is 0 Å². The first-order chi connectivity index (χ1) is 12.3. The van der Waals surface area contributed by atoms with Crippen LogP contribution in [0.3, 0.4) is 0 Å². The van der Waals surface area contributed by atoms with E-state index in [-0.39, 0.29) is 34.8 Å². The highest BCUT2D eigenvalue weighted by atomic mass is 32.2. The normalized spacial score (nSPS) is 18.8. The summed E-state index contributed by atoms with van der Waals surface area (Å²) in [7, 11) is -1.55. The Labute approximate surface area is 157 Å². The summed E-state index contributed by atoms with van der Waals surface area (Å²) in [4.78, 5) is 32.9. The van der Waals surface area contributed by atoms with E-state index >= 15 is 0 Å². The molecule has 1 aliphatic rings. The van der Waals surface area contributed by atoms with E-state index < -0.39 is 9.84 Å². The van der Waals surface area contributed by atoms with E-state index in [1.54, 1.807) is 4.90 Å². The molecule has 0 unspecified atom stereocenters. The number of nitrogens with zero attached hydrogens (tertiary/aromatic N) is 2. The van der Waals surface area contributed by atoms with Crippen LogP contribution < -0.4 is 5.56 Å². The molecule has 2 heterocycles. The summed E-state index contributed by atoms with van der Waals surface area (Å²) in [6, 6.07) is 1.14. The third-order valence-electron chi connectivity index (χ3n) is 4.12. The van der Waals surface area contributed by atoms with Crippen molar-refractivity contribution in [3.8, 4) is 0 Å². The van der Waals surface area contributed by atoms with Crippen molar-refractivity contribution in [3.05, 3.63) is 22.1 Å². The summed E-state index contributed by atoms with van der Waals surface area (Å²) >= 11 is 1.16. The summed E-state index contributed by atoms with van der Waals surface area (Å²) in [5.74, 6) is 0.000324. The first kappa shape index (κ1) is 20.9. The van der Waals surface area contributed by atoms with Gasteiger partial charge in [-0.1, -0.05) is 25.1 Å². The summed E-state index contributed by atoms with van der Waals surface area (Å²) < 4.78 is 28.5. The lowest BCUT2D eigenvalue weighted by Crippen LogP contribution is -2.44. The average Bonchev–Trinajstić information content (AvgIpc) is 2.93. The number of amides is 1. The molecule has 1 saturated heterocycles. The fourth-order valence-electron chi connectivity index (χ4n) is 2.87. The fraction of sp³-hybridized carbons (Fsp3) is 0.688. The number of carbonyl (C=O) groups is 1. The van der Waals surface area contributed by atoms with Crippen LogP contribution >= 0.6 is 11.8 Å². The van der Waals surface area contributed by atoms with Gasteiger partial charge < -0.3 is 14.6 Å². The van der Waals surface area contributed by atoms with Crippen LogP contribution in [0.1, 0.15) is 25.5 Å². The van der Waals surface area contributed by atoms with Gasteiger partial charge in [-0.05, 0) is 12.8 Å². The predicted octanol–water partition coefficient (Wildman–Crippen LogP) is 0.477. The molecule has 1 amide bonds. The van der Waals surface area contributed by atoms with Gasteiger partial charge in [0.1, 0.15) is 0 Å². The molecular formula is C16H25N3O5S2. The molecule has 0 aromatic carbocycles. The van der Waals surface area contributed by atoms with Crippen LogP contribution in [0.4, 0.5) is 0 Å². The lowest BCUT2D eigenvalue weighted by atomic mass is 10.2. The molecule has 1 atom stereocenters. The molecule has 8 nitrogen and oxygen atoms in total. The minimum absolute atomic E-state index is 0.00576. The van der Waals surface area contributed by atoms with Gasteiger partial charge in [0.15, 0.2) is 15.0 Å². The van der Waals surface area contributed by atoms with E-state index in [2.05, 4.69) is 9.97 Å². The molecule has 0 saturated carbocycles. The van der Waals surface area contributed by atoms with Gasteiger partial charge in [-0.25, -0.2) is 13.4 Å². The molecule has 0 spiro atoms. The van der Waals surface area contributed by atoms with Gasteiger partial charge in [0.2, 0.25) is 5.91 Å². The van der Waals surface area contributed by atoms with Crippen molar-refractivity contribution in [2.24, 2.45) is 0 Å². The molecule has 1 aromatic rings. The first-order valence-electron chi connectivity index (χ1n) is 8.56. The van der Waals surface area contributed by atoms with E-state index in [0.29, 0.717) is 36.8 Å². The second-order valence-corrected chi connectivity index (χ2v) is 9.41. The van der Waals surface area contributed by atoms with Crippen LogP contribution in [0.15, 0.2) is 16.0 Å². The highest BCUT2D eigenvalue weighted by Gasteiger charge is 2.34. The smallest absolute Gasteiger partial charge is 0.251 e. The number of aromatic nitrogens is 2. The molecule has 1 fully saturated rings. The average molecular weight is 404 g/mol. The lowest BCUT2D eigenvalue weighted by Gasteiger charge is -2.27. The first-order valence-corrected chi connectivity index (χ1v) is 11.4. The van der Waals surface area contributed by atoms with E-state index in [1.165, 1.54) is 13.2 Å². The van der Waals surface area contributed by atoms with Gasteiger partial charge in [0.25, 0.3) is 5.56 Å². The minimum Gasteiger partial charge on any atom is -0.383 e. The van der Waals surface area contributed by atoms with Crippen LogP contribution in [-0.4, -0.2) is 72.8 Å². The van der Waals surface area contributed by atoms with Crippen molar-refractivity contribution >= 4 is 27.5 Å². The minimum atomic E-state index is -3.09. The number of aryl methyl sites for hydroxylation is 1. The molecule has 1 N–H and O–H groups in total. The van der Waals surface area contributed by atoms with Crippen LogP contribution in [0, 0.1) is 0 Å². The maximum atomic E-state index is 12.7. The molecule has 26 heavy (non-hydrogen) atoms. The fourth-order valence-corrected chi connectivity index (χ4v) is 5.38. The van der Waals surface area contributed by atoms with Gasteiger partial charge in [0, 0.05) is 31.5 Å². The standard InChI is InChI=1S/C16H25N3O5S2/c1-3-4-12-9-14(20)18-16(17-12)25-10-15(21)19(6-7-24-2)13-5-8-26(22,23)11-13/h9,13H,3-8,10-11H2,1-2H3,(H,17,18,20)/t13-/m1/s1. The molecule has 0 aliphatic carbocycles. The summed E-state index contributed by atoms with van der Waals surface area (Å²) in [6.45, 7) is 2.69. The molecule has 0 radical (unpaired) electrons. The van der Waals surface area contributed by atoms with Crippen LogP contribution in [-0.2, 0) is 25.8 Å². The number of H-pyrrole nitrogens is 1. The molecule has 146 valence electrons. The lowest BCUT2D eigenvalue weighted by molar-refractivity contribution is -0.130. The Balaban J connectivity index is 2.04. The van der Waals surface area contributed by atoms with E-state index in [0.717, 1.165) is 18.2 Å². The number of aromatic amines is 1. The highest BCUT2D eigenvalue weighted by Crippen LogP contribution is 2.20. The maximum Gasteiger partial charge on any atom is 0.251 e. The van der Waals surface area contributed by atoms with E-state index in [9.17, 15) is 18.0 Å². The van der Waals surface area contributed by atoms with Crippen molar-refractivity contribution in [2.45, 2.75) is 37.4 Å². The topological polar surface area (TPSA) is 109 Å². The number of hydrogen-bond acceptors (Lipinski definition) is 7. The predicted molar refractivity (Wildman–Crippen MR) is 100 cm³/mol. The zero-order valence-electron chi connectivity index (χ0n) is 15.1. The largest absolute Gasteiger partial charge is 0.383 e. The molecule has 1 aromatic heterocycles. The zero-order valence-corrected chi connectivity index (χ0v) is 16.7. The Morgan fingerprint density at radius 3 is 2.88 bits per heavy atom. The van der Waals surface area contributed by atoms with Gasteiger partial charge in [-0.2, -0.15) is 0 Å². The summed E-state index contributed by atoms with van der Waals surface area (Å²) in [5, 5.41) is 0.403. The number of carbonyl (C=O) groups excluding carboxylic acids is 1. The number of nitrogens with one attached hydrogen (secondary N) is 1. The number of methoxy groups -OCH3 is 1. The molecule has 2 rings (SSSR count). The van der Waals surface area contributed by atoms with E-state index in [1.807, 2.05) is 6.92 Å². The van der Waals surface area contributed by atoms with Crippen molar-refractivity contribution in [2.75, 3.05) is 37.5 Å². The molecule has 10 heteroatoms.